The number of fused-ring (bicyclic) bond motifs is 1. The molecule has 1 N–H and O–H groups in total. The number of carbonyl (C=O) groups excluding carboxylic acids is 1. The molecule has 1 amide bonds. The maximum Gasteiger partial charge on any atom is 0.410 e. The van der Waals surface area contributed by atoms with Crippen LogP contribution in [0.1, 0.15) is 46.6 Å². The second-order valence-electron chi connectivity index (χ2n) is 13.1. The number of nitrogens with zero attached hydrogens (tertiary/aromatic N) is 1. The summed E-state index contributed by atoms with van der Waals surface area (Å²) in [7, 11) is -2.95. The summed E-state index contributed by atoms with van der Waals surface area (Å²) >= 11 is 0. The van der Waals surface area contributed by atoms with Crippen molar-refractivity contribution >= 4 is 24.8 Å². The quantitative estimate of drug-likeness (QED) is 0.243. The Hall–Kier alpha value is -3.27. The van der Waals surface area contributed by atoms with Crippen molar-refractivity contribution in [3.63, 3.8) is 0 Å². The molecule has 0 saturated carbocycles. The fourth-order valence-corrected chi connectivity index (χ4v) is 11.4. The average Bonchev–Trinajstić information content (AvgIpc) is 3.47. The summed E-state index contributed by atoms with van der Waals surface area (Å²) < 4.78 is 26.1. The Kier molecular flexibility index (Phi) is 9.49. The van der Waals surface area contributed by atoms with Crippen LogP contribution in [0.3, 0.4) is 0 Å². The SMILES string of the molecule is C=CC[C@@H](O)[C@@H]1[C@@H]2OC(C)(C)O[C@@H]2[C@@H](CO[Si](c2ccccc2)(c2ccccc2)C(C)(C)C)N1C(=O)OCc1ccccc1. The molecule has 234 valence electrons. The van der Waals surface area contributed by atoms with Crippen LogP contribution in [0.4, 0.5) is 4.79 Å². The van der Waals surface area contributed by atoms with Gasteiger partial charge in [0.05, 0.1) is 24.8 Å². The van der Waals surface area contributed by atoms with Crippen LogP contribution < -0.4 is 10.4 Å². The minimum atomic E-state index is -2.95. The van der Waals surface area contributed by atoms with Gasteiger partial charge in [-0.2, -0.15) is 0 Å². The number of hydrogen-bond donors (Lipinski definition) is 1. The number of carbonyl (C=O) groups is 1. The van der Waals surface area contributed by atoms with E-state index in [0.717, 1.165) is 15.9 Å². The van der Waals surface area contributed by atoms with Gasteiger partial charge in [0.25, 0.3) is 8.32 Å². The van der Waals surface area contributed by atoms with Crippen molar-refractivity contribution in [1.82, 2.24) is 4.90 Å². The van der Waals surface area contributed by atoms with Gasteiger partial charge in [0.2, 0.25) is 0 Å². The summed E-state index contributed by atoms with van der Waals surface area (Å²) in [6, 6.07) is 29.1. The van der Waals surface area contributed by atoms with Gasteiger partial charge in [-0.1, -0.05) is 118 Å². The molecule has 0 spiro atoms. The van der Waals surface area contributed by atoms with Crippen LogP contribution in [-0.4, -0.2) is 67.2 Å². The number of hydrogen-bond acceptors (Lipinski definition) is 6. The van der Waals surface area contributed by atoms with Crippen molar-refractivity contribution in [1.29, 1.82) is 0 Å². The molecule has 2 fully saturated rings. The normalized spacial score (nSPS) is 23.6. The van der Waals surface area contributed by atoms with Gasteiger partial charge in [-0.25, -0.2) is 4.79 Å². The molecule has 7 nitrogen and oxygen atoms in total. The molecule has 44 heavy (non-hydrogen) atoms. The third kappa shape index (κ3) is 6.27. The third-order valence-electron chi connectivity index (χ3n) is 8.66. The predicted octanol–water partition coefficient (Wildman–Crippen LogP) is 5.41. The second kappa shape index (κ2) is 13.0. The summed E-state index contributed by atoms with van der Waals surface area (Å²) in [6.45, 7) is 14.5. The van der Waals surface area contributed by atoms with Crippen molar-refractivity contribution in [3.05, 3.63) is 109 Å². The maximum atomic E-state index is 14.0. The Morgan fingerprint density at radius 3 is 2.00 bits per heavy atom. The average molecular weight is 616 g/mol. The molecule has 8 heteroatoms. The molecule has 0 bridgehead atoms. The lowest BCUT2D eigenvalue weighted by atomic mass is 10.0. The van der Waals surface area contributed by atoms with Crippen molar-refractivity contribution in [2.45, 2.75) is 88.9 Å². The molecule has 2 heterocycles. The van der Waals surface area contributed by atoms with Crippen LogP contribution in [-0.2, 0) is 25.2 Å². The van der Waals surface area contributed by atoms with E-state index in [1.807, 2.05) is 80.6 Å². The second-order valence-corrected chi connectivity index (χ2v) is 17.4. The highest BCUT2D eigenvalue weighted by molar-refractivity contribution is 6.99. The number of aliphatic hydroxyl groups excluding tert-OH is 1. The maximum absolute atomic E-state index is 14.0. The summed E-state index contributed by atoms with van der Waals surface area (Å²) in [5, 5.41) is 13.4. The molecule has 2 aliphatic rings. The molecule has 0 radical (unpaired) electrons. The smallest absolute Gasteiger partial charge is 0.410 e. The van der Waals surface area contributed by atoms with Crippen LogP contribution in [0, 0.1) is 0 Å². The van der Waals surface area contributed by atoms with Gasteiger partial charge in [0.15, 0.2) is 5.79 Å². The van der Waals surface area contributed by atoms with Gasteiger partial charge < -0.3 is 23.7 Å². The Balaban J connectivity index is 1.56. The zero-order valence-corrected chi connectivity index (χ0v) is 27.4. The van der Waals surface area contributed by atoms with Gasteiger partial charge in [0.1, 0.15) is 18.8 Å². The first-order chi connectivity index (χ1) is 21.0. The van der Waals surface area contributed by atoms with Crippen LogP contribution in [0.2, 0.25) is 5.04 Å². The number of aliphatic hydroxyl groups is 1. The van der Waals surface area contributed by atoms with E-state index in [4.69, 9.17) is 18.6 Å². The monoisotopic (exact) mass is 615 g/mol. The number of amides is 1. The molecule has 5 rings (SSSR count). The van der Waals surface area contributed by atoms with Gasteiger partial charge in [-0.15, -0.1) is 6.58 Å². The van der Waals surface area contributed by atoms with Crippen molar-refractivity contribution in [2.24, 2.45) is 0 Å². The Labute approximate surface area is 262 Å². The summed E-state index contributed by atoms with van der Waals surface area (Å²) in [4.78, 5) is 15.6. The van der Waals surface area contributed by atoms with E-state index in [-0.39, 0.29) is 24.7 Å². The molecule has 0 unspecified atom stereocenters. The van der Waals surface area contributed by atoms with Crippen LogP contribution >= 0.6 is 0 Å². The van der Waals surface area contributed by atoms with Crippen molar-refractivity contribution < 1.29 is 28.5 Å². The molecule has 5 atom stereocenters. The molecule has 2 saturated heterocycles. The molecule has 2 aliphatic heterocycles. The molecular formula is C36H45NO6Si. The highest BCUT2D eigenvalue weighted by Crippen LogP contribution is 2.44. The number of benzene rings is 3. The largest absolute Gasteiger partial charge is 0.445 e. The molecule has 0 aliphatic carbocycles. The number of likely N-dealkylation sites (tertiary alicyclic amines) is 1. The highest BCUT2D eigenvalue weighted by Gasteiger charge is 2.62. The van der Waals surface area contributed by atoms with Crippen LogP contribution in [0.5, 0.6) is 0 Å². The highest BCUT2D eigenvalue weighted by atomic mass is 28.4. The van der Waals surface area contributed by atoms with Crippen molar-refractivity contribution in [2.75, 3.05) is 6.61 Å². The molecule has 3 aromatic rings. The Bertz CT molecular complexity index is 1350. The molecule has 0 aromatic heterocycles. The van der Waals surface area contributed by atoms with Crippen molar-refractivity contribution in [3.8, 4) is 0 Å². The lowest BCUT2D eigenvalue weighted by Gasteiger charge is -2.44. The topological polar surface area (TPSA) is 77.5 Å². The molecule has 3 aromatic carbocycles. The zero-order chi connectivity index (χ0) is 31.5. The van der Waals surface area contributed by atoms with Gasteiger partial charge >= 0.3 is 6.09 Å². The summed E-state index contributed by atoms with van der Waals surface area (Å²) in [5.41, 5.74) is 0.872. The van der Waals surface area contributed by atoms with E-state index >= 15 is 0 Å². The van der Waals surface area contributed by atoms with Gasteiger partial charge in [0, 0.05) is 0 Å². The fourth-order valence-electron chi connectivity index (χ4n) is 6.83. The Morgan fingerprint density at radius 2 is 1.48 bits per heavy atom. The van der Waals surface area contributed by atoms with Crippen LogP contribution in [0.25, 0.3) is 0 Å². The minimum Gasteiger partial charge on any atom is -0.445 e. The number of rotatable bonds is 10. The first-order valence-electron chi connectivity index (χ1n) is 15.4. The summed E-state index contributed by atoms with van der Waals surface area (Å²) in [5.74, 6) is -0.892. The van der Waals surface area contributed by atoms with Crippen LogP contribution in [0.15, 0.2) is 104 Å². The number of ether oxygens (including phenoxy) is 3. The lowest BCUT2D eigenvalue weighted by molar-refractivity contribution is -0.172. The van der Waals surface area contributed by atoms with E-state index < -0.39 is 50.6 Å². The van der Waals surface area contributed by atoms with Gasteiger partial charge in [-0.05, 0) is 41.2 Å². The van der Waals surface area contributed by atoms with Gasteiger partial charge in [-0.3, -0.25) is 4.90 Å². The fraction of sp³-hybridized carbons (Fsp3) is 0.417. The predicted molar refractivity (Wildman–Crippen MR) is 174 cm³/mol. The van der Waals surface area contributed by atoms with E-state index in [1.165, 1.54) is 0 Å². The molecular weight excluding hydrogens is 570 g/mol. The van der Waals surface area contributed by atoms with E-state index in [1.54, 1.807) is 11.0 Å². The lowest BCUT2D eigenvalue weighted by Crippen LogP contribution is -2.67. The van der Waals surface area contributed by atoms with E-state index in [9.17, 15) is 9.90 Å². The zero-order valence-electron chi connectivity index (χ0n) is 26.4. The third-order valence-corrected chi connectivity index (χ3v) is 13.7. The van der Waals surface area contributed by atoms with E-state index in [2.05, 4.69) is 51.6 Å². The summed E-state index contributed by atoms with van der Waals surface area (Å²) in [6.07, 6.45) is -0.645. The first-order valence-corrected chi connectivity index (χ1v) is 17.3. The van der Waals surface area contributed by atoms with E-state index in [0.29, 0.717) is 0 Å². The first kappa shape index (κ1) is 32.1. The minimum absolute atomic E-state index is 0.102. The Morgan fingerprint density at radius 1 is 0.955 bits per heavy atom. The standard InChI is InChI=1S/C36H45NO6Si/c1-7-17-30(38)31-33-32(42-36(5,6)43-33)29(37(31)34(39)40-24-26-18-11-8-12-19-26)25-41-44(35(2,3)4,27-20-13-9-14-21-27)28-22-15-10-16-23-28/h7-16,18-23,29-33,38H,1,17,24-25H2,2-6H3/t29-,30-,31-,32-,33+/m1/s1.